The Kier molecular flexibility index (Phi) is 7.87. The van der Waals surface area contributed by atoms with Crippen molar-refractivity contribution in [1.82, 2.24) is 20.8 Å². The Balaban J connectivity index is 0.00000243. The summed E-state index contributed by atoms with van der Waals surface area (Å²) in [5.74, 6) is 1.85. The van der Waals surface area contributed by atoms with Gasteiger partial charge in [0.2, 0.25) is 17.6 Å². The van der Waals surface area contributed by atoms with Gasteiger partial charge in [-0.25, -0.2) is 0 Å². The van der Waals surface area contributed by atoms with Gasteiger partial charge in [-0.05, 0) is 57.1 Å². The standard InChI is InChI=1S/C18H24N4O3.ClH/c1-2-24-15-5-3-13(4-6-15)18-21-17(25-22-18)8-7-16(23)20-14-9-11-19-12-10-14;/h3-6,14,19H,2,7-12H2,1H3,(H,20,23);1H. The average molecular weight is 381 g/mol. The molecule has 1 saturated heterocycles. The molecule has 2 aromatic rings. The molecule has 0 spiro atoms. The number of rotatable bonds is 7. The maximum absolute atomic E-state index is 12.0. The van der Waals surface area contributed by atoms with Crippen molar-refractivity contribution in [2.45, 2.75) is 38.6 Å². The highest BCUT2D eigenvalue weighted by molar-refractivity contribution is 5.85. The van der Waals surface area contributed by atoms with E-state index in [1.54, 1.807) is 0 Å². The van der Waals surface area contributed by atoms with Crippen LogP contribution in [0, 0.1) is 0 Å². The monoisotopic (exact) mass is 380 g/mol. The molecule has 8 heteroatoms. The van der Waals surface area contributed by atoms with Crippen LogP contribution in [0.4, 0.5) is 0 Å². The average Bonchev–Trinajstić information content (AvgIpc) is 3.11. The largest absolute Gasteiger partial charge is 0.494 e. The topological polar surface area (TPSA) is 89.3 Å². The Morgan fingerprint density at radius 3 is 2.73 bits per heavy atom. The number of aryl methyl sites for hydroxylation is 1. The summed E-state index contributed by atoms with van der Waals surface area (Å²) in [6.45, 7) is 4.49. The van der Waals surface area contributed by atoms with Crippen LogP contribution in [-0.2, 0) is 11.2 Å². The number of hydrogen-bond donors (Lipinski definition) is 2. The number of aromatic nitrogens is 2. The molecule has 1 aromatic heterocycles. The second kappa shape index (κ2) is 10.1. The van der Waals surface area contributed by atoms with Crippen LogP contribution in [0.25, 0.3) is 11.4 Å². The summed E-state index contributed by atoms with van der Waals surface area (Å²) in [5.41, 5.74) is 0.859. The summed E-state index contributed by atoms with van der Waals surface area (Å²) < 4.78 is 10.7. The first-order valence-corrected chi connectivity index (χ1v) is 8.80. The third kappa shape index (κ3) is 5.71. The lowest BCUT2D eigenvalue weighted by Crippen LogP contribution is -2.42. The minimum atomic E-state index is 0. The number of piperidine rings is 1. The van der Waals surface area contributed by atoms with Crippen LogP contribution in [0.2, 0.25) is 0 Å². The lowest BCUT2D eigenvalue weighted by atomic mass is 10.1. The lowest BCUT2D eigenvalue weighted by molar-refractivity contribution is -0.122. The number of nitrogens with zero attached hydrogens (tertiary/aromatic N) is 2. The minimum Gasteiger partial charge on any atom is -0.494 e. The van der Waals surface area contributed by atoms with Gasteiger partial charge in [0.15, 0.2) is 0 Å². The molecule has 26 heavy (non-hydrogen) atoms. The second-order valence-corrected chi connectivity index (χ2v) is 6.06. The van der Waals surface area contributed by atoms with E-state index < -0.39 is 0 Å². The van der Waals surface area contributed by atoms with Gasteiger partial charge in [0.1, 0.15) is 5.75 Å². The summed E-state index contributed by atoms with van der Waals surface area (Å²) in [4.78, 5) is 16.4. The van der Waals surface area contributed by atoms with Gasteiger partial charge < -0.3 is 19.9 Å². The van der Waals surface area contributed by atoms with Crippen molar-refractivity contribution in [3.8, 4) is 17.1 Å². The van der Waals surface area contributed by atoms with Crippen LogP contribution in [0.1, 0.15) is 32.1 Å². The molecule has 7 nitrogen and oxygen atoms in total. The smallest absolute Gasteiger partial charge is 0.227 e. The number of hydrogen-bond acceptors (Lipinski definition) is 6. The zero-order valence-electron chi connectivity index (χ0n) is 14.9. The van der Waals surface area contributed by atoms with E-state index in [-0.39, 0.29) is 24.4 Å². The minimum absolute atomic E-state index is 0. The summed E-state index contributed by atoms with van der Waals surface area (Å²) in [7, 11) is 0. The van der Waals surface area contributed by atoms with Gasteiger partial charge in [-0.15, -0.1) is 12.4 Å². The van der Waals surface area contributed by atoms with Gasteiger partial charge in [-0.3, -0.25) is 4.79 Å². The Labute approximate surface area is 159 Å². The quantitative estimate of drug-likeness (QED) is 0.766. The van der Waals surface area contributed by atoms with Gasteiger partial charge in [0.25, 0.3) is 0 Å². The molecule has 0 radical (unpaired) electrons. The number of ether oxygens (including phenoxy) is 1. The second-order valence-electron chi connectivity index (χ2n) is 6.06. The van der Waals surface area contributed by atoms with Crippen molar-refractivity contribution in [3.63, 3.8) is 0 Å². The van der Waals surface area contributed by atoms with Crippen molar-refractivity contribution in [2.24, 2.45) is 0 Å². The molecule has 0 atom stereocenters. The number of halogens is 1. The van der Waals surface area contributed by atoms with Crippen LogP contribution in [0.3, 0.4) is 0 Å². The highest BCUT2D eigenvalue weighted by Crippen LogP contribution is 2.20. The zero-order chi connectivity index (χ0) is 17.5. The van der Waals surface area contributed by atoms with E-state index in [4.69, 9.17) is 9.26 Å². The number of carbonyl (C=O) groups is 1. The number of benzene rings is 1. The van der Waals surface area contributed by atoms with E-state index in [1.165, 1.54) is 0 Å². The number of carbonyl (C=O) groups excluding carboxylic acids is 1. The Morgan fingerprint density at radius 2 is 2.04 bits per heavy atom. The molecule has 142 valence electrons. The van der Waals surface area contributed by atoms with Crippen LogP contribution >= 0.6 is 12.4 Å². The number of amides is 1. The molecule has 1 fully saturated rings. The van der Waals surface area contributed by atoms with Crippen molar-refractivity contribution in [2.75, 3.05) is 19.7 Å². The maximum atomic E-state index is 12.0. The predicted molar refractivity (Wildman–Crippen MR) is 101 cm³/mol. The van der Waals surface area contributed by atoms with Gasteiger partial charge >= 0.3 is 0 Å². The third-order valence-corrected chi connectivity index (χ3v) is 4.16. The predicted octanol–water partition coefficient (Wildman–Crippen LogP) is 2.36. The molecule has 3 rings (SSSR count). The molecule has 1 amide bonds. The van der Waals surface area contributed by atoms with E-state index in [9.17, 15) is 4.79 Å². The molecule has 1 aromatic carbocycles. The fourth-order valence-electron chi connectivity index (χ4n) is 2.83. The molecule has 2 heterocycles. The molecule has 0 aliphatic carbocycles. The highest BCUT2D eigenvalue weighted by atomic mass is 35.5. The number of nitrogens with one attached hydrogen (secondary N) is 2. The molecule has 1 aliphatic rings. The van der Waals surface area contributed by atoms with E-state index in [0.29, 0.717) is 31.2 Å². The maximum Gasteiger partial charge on any atom is 0.227 e. The summed E-state index contributed by atoms with van der Waals surface area (Å²) in [6, 6.07) is 7.81. The van der Waals surface area contributed by atoms with E-state index in [2.05, 4.69) is 20.8 Å². The molecule has 0 saturated carbocycles. The lowest BCUT2D eigenvalue weighted by Gasteiger charge is -2.23. The van der Waals surface area contributed by atoms with E-state index in [1.807, 2.05) is 31.2 Å². The van der Waals surface area contributed by atoms with Crippen molar-refractivity contribution in [3.05, 3.63) is 30.2 Å². The van der Waals surface area contributed by atoms with Crippen molar-refractivity contribution >= 4 is 18.3 Å². The van der Waals surface area contributed by atoms with E-state index >= 15 is 0 Å². The first kappa shape index (κ1) is 20.2. The molecular weight excluding hydrogens is 356 g/mol. The van der Waals surface area contributed by atoms with Crippen LogP contribution in [0.5, 0.6) is 5.75 Å². The fraction of sp³-hybridized carbons (Fsp3) is 0.500. The van der Waals surface area contributed by atoms with Crippen molar-refractivity contribution < 1.29 is 14.1 Å². The summed E-state index contributed by atoms with van der Waals surface area (Å²) >= 11 is 0. The SMILES string of the molecule is CCOc1ccc(-c2noc(CCC(=O)NC3CCNCC3)n2)cc1.Cl. The first-order chi connectivity index (χ1) is 12.2. The van der Waals surface area contributed by atoms with Gasteiger partial charge in [0, 0.05) is 24.4 Å². The van der Waals surface area contributed by atoms with Crippen LogP contribution in [0.15, 0.2) is 28.8 Å². The highest BCUT2D eigenvalue weighted by Gasteiger charge is 2.16. The molecular formula is C18H25ClN4O3. The van der Waals surface area contributed by atoms with Crippen LogP contribution in [-0.4, -0.2) is 41.8 Å². The zero-order valence-corrected chi connectivity index (χ0v) is 15.7. The Bertz CT molecular complexity index is 684. The molecule has 1 aliphatic heterocycles. The van der Waals surface area contributed by atoms with E-state index in [0.717, 1.165) is 37.2 Å². The normalized spacial score (nSPS) is 14.5. The van der Waals surface area contributed by atoms with Crippen molar-refractivity contribution in [1.29, 1.82) is 0 Å². The summed E-state index contributed by atoms with van der Waals surface area (Å²) in [6.07, 6.45) is 2.76. The van der Waals surface area contributed by atoms with Gasteiger partial charge in [-0.2, -0.15) is 4.98 Å². The third-order valence-electron chi connectivity index (χ3n) is 4.16. The Morgan fingerprint density at radius 1 is 1.31 bits per heavy atom. The van der Waals surface area contributed by atoms with Crippen LogP contribution < -0.4 is 15.4 Å². The van der Waals surface area contributed by atoms with Gasteiger partial charge in [-0.1, -0.05) is 5.16 Å². The molecule has 2 N–H and O–H groups in total. The molecule has 0 unspecified atom stereocenters. The summed E-state index contributed by atoms with van der Waals surface area (Å²) in [5, 5.41) is 10.3. The van der Waals surface area contributed by atoms with Gasteiger partial charge in [0.05, 0.1) is 6.61 Å². The Hall–Kier alpha value is -2.12. The molecule has 0 bridgehead atoms. The first-order valence-electron chi connectivity index (χ1n) is 8.80. The fourth-order valence-corrected chi connectivity index (χ4v) is 2.83.